The van der Waals surface area contributed by atoms with Crippen molar-refractivity contribution in [2.75, 3.05) is 51.9 Å². The molecule has 5 heterocycles. The van der Waals surface area contributed by atoms with Crippen LogP contribution >= 0.6 is 11.8 Å². The average Bonchev–Trinajstić information content (AvgIpc) is 1.63. The number of benzene rings is 2. The van der Waals surface area contributed by atoms with E-state index in [1.54, 1.807) is 36.5 Å². The molecule has 26 heteroatoms. The molecule has 7 amide bonds. The van der Waals surface area contributed by atoms with Crippen molar-refractivity contribution in [1.82, 2.24) is 46.5 Å². The standard InChI is InChI=1S/C66H92N10O15S/c1-42(2)31-52-56(79)37-47(33-44-17-7-4-8-18-44)65(87)76-25-13-22-55(76)57(80)36-45(32-43-15-5-3-6-16-43)62(84)70-53(38-59(81)82)64(86)68-51(61(67)83)21-11-12-24-75-39-48(73-74-75)34-46(63(85)69-52)35-50(78)40-91-30-29-90-28-27-89-26-14-20-49(77)19-9-10-23-58-60-54(41-92-58)71-66(88)72-60/h3-8,15-18,39,42,45-47,51-55,58,60H,9-14,19-38,40-41H2,1-2H3,(H2,67,83)(H,68,86)(H,69,85)(H,70,84)(H,81,82)(H2,71,72,88)/t45-,46-,47-,51+,52+,53+,54-,55+,58-,60-/m1/s1. The lowest BCUT2D eigenvalue weighted by Crippen LogP contribution is -2.54. The van der Waals surface area contributed by atoms with E-state index >= 15 is 4.79 Å². The van der Waals surface area contributed by atoms with Gasteiger partial charge in [0.25, 0.3) is 0 Å². The number of aryl methyl sites for hydroxylation is 1. The largest absolute Gasteiger partial charge is 0.481 e. The van der Waals surface area contributed by atoms with Gasteiger partial charge < -0.3 is 56.5 Å². The molecule has 502 valence electrons. The van der Waals surface area contributed by atoms with E-state index in [2.05, 4.69) is 36.9 Å². The predicted octanol–water partition coefficient (Wildman–Crippen LogP) is 3.79. The molecule has 4 aliphatic rings. The van der Waals surface area contributed by atoms with Crippen molar-refractivity contribution in [1.29, 1.82) is 0 Å². The highest BCUT2D eigenvalue weighted by Crippen LogP contribution is 2.34. The Morgan fingerprint density at radius 2 is 1.32 bits per heavy atom. The number of amides is 7. The highest BCUT2D eigenvalue weighted by Gasteiger charge is 2.43. The third-order valence-electron chi connectivity index (χ3n) is 17.2. The van der Waals surface area contributed by atoms with Crippen LogP contribution in [0.2, 0.25) is 0 Å². The Morgan fingerprint density at radius 1 is 0.663 bits per heavy atom. The predicted molar refractivity (Wildman–Crippen MR) is 339 cm³/mol. The zero-order valence-electron chi connectivity index (χ0n) is 52.9. The summed E-state index contributed by atoms with van der Waals surface area (Å²) in [7, 11) is 0. The van der Waals surface area contributed by atoms with E-state index in [4.69, 9.17) is 19.9 Å². The summed E-state index contributed by atoms with van der Waals surface area (Å²) in [6, 6.07) is 13.2. The Labute approximate surface area is 541 Å². The van der Waals surface area contributed by atoms with Crippen LogP contribution in [0.1, 0.15) is 133 Å². The summed E-state index contributed by atoms with van der Waals surface area (Å²) in [6.07, 6.45) is 5.75. The molecule has 1 aromatic heterocycles. The molecule has 0 radical (unpaired) electrons. The Balaban J connectivity index is 0.996. The molecule has 10 atom stereocenters. The molecule has 0 unspecified atom stereocenters. The topological polar surface area (TPSA) is 356 Å². The normalized spacial score (nSPS) is 24.8. The molecule has 25 nitrogen and oxygen atoms in total. The van der Waals surface area contributed by atoms with Crippen LogP contribution in [-0.2, 0) is 88.0 Å². The maximum absolute atomic E-state index is 15.1. The van der Waals surface area contributed by atoms with Crippen molar-refractivity contribution in [2.45, 2.75) is 184 Å². The summed E-state index contributed by atoms with van der Waals surface area (Å²) >= 11 is 1.87. The van der Waals surface area contributed by atoms with Gasteiger partial charge in [-0.1, -0.05) is 86.1 Å². The summed E-state index contributed by atoms with van der Waals surface area (Å²) in [5.41, 5.74) is 7.53. The maximum Gasteiger partial charge on any atom is 0.315 e. The van der Waals surface area contributed by atoms with Crippen molar-refractivity contribution >= 4 is 76.4 Å². The second-order valence-electron chi connectivity index (χ2n) is 25.0. The zero-order chi connectivity index (χ0) is 65.9. The van der Waals surface area contributed by atoms with Gasteiger partial charge in [0.2, 0.25) is 29.5 Å². The first-order valence-electron chi connectivity index (χ1n) is 32.5. The minimum atomic E-state index is -1.67. The molecule has 3 saturated heterocycles. The van der Waals surface area contributed by atoms with Crippen LogP contribution in [0, 0.1) is 23.7 Å². The molecule has 2 aromatic carbocycles. The second kappa shape index (κ2) is 37.3. The number of thioether (sulfide) groups is 1. The molecule has 0 saturated carbocycles. The number of hydrogen-bond acceptors (Lipinski definition) is 17. The lowest BCUT2D eigenvalue weighted by Gasteiger charge is -2.30. The van der Waals surface area contributed by atoms with Crippen molar-refractivity contribution in [2.24, 2.45) is 29.4 Å². The number of primary amides is 1. The lowest BCUT2D eigenvalue weighted by molar-refractivity contribution is -0.143. The number of nitrogens with two attached hydrogens (primary N) is 1. The fourth-order valence-electron chi connectivity index (χ4n) is 12.4. The zero-order valence-corrected chi connectivity index (χ0v) is 53.8. The smallest absolute Gasteiger partial charge is 0.315 e. The van der Waals surface area contributed by atoms with Gasteiger partial charge in [-0.05, 0) is 87.7 Å². The first kappa shape index (κ1) is 72.0. The summed E-state index contributed by atoms with van der Waals surface area (Å²) < 4.78 is 18.5. The molecular weight excluding hydrogens is 1200 g/mol. The summed E-state index contributed by atoms with van der Waals surface area (Å²) in [5.74, 6) is -8.58. The maximum atomic E-state index is 15.1. The molecule has 92 heavy (non-hydrogen) atoms. The third-order valence-corrected chi connectivity index (χ3v) is 18.7. The van der Waals surface area contributed by atoms with Crippen molar-refractivity contribution in [3.05, 3.63) is 83.7 Å². The summed E-state index contributed by atoms with van der Waals surface area (Å²) in [4.78, 5) is 152. The SMILES string of the molecule is CC(C)C[C@@H]1NC(=O)[C@@H](CC(=O)COCCOCCOCCCC(=O)CCCC[C@H]2SC[C@H]3NC(=O)N[C@H]32)Cc2cn(nn2)CCCC[C@@H](C(N)=O)NC(=O)[C@H](CC(=O)O)NC(=O)[C@H](Cc2ccccc2)CC(=O)[C@@H]2CCCN2C(=O)[C@H](Cc2ccccc2)CC1=O. The number of carbonyl (C=O) groups excluding carboxylic acids is 10. The molecule has 2 bridgehead atoms. The van der Waals surface area contributed by atoms with Gasteiger partial charge in [0.05, 0.1) is 68.6 Å². The Morgan fingerprint density at radius 3 is 2.01 bits per heavy atom. The van der Waals surface area contributed by atoms with Crippen LogP contribution in [0.5, 0.6) is 0 Å². The van der Waals surface area contributed by atoms with Gasteiger partial charge in [-0.3, -0.25) is 52.6 Å². The number of hydrogen-bond donors (Lipinski definition) is 7. The number of aliphatic carboxylic acids is 1. The fourth-order valence-corrected chi connectivity index (χ4v) is 13.9. The molecule has 7 rings (SSSR count). The molecule has 3 fully saturated rings. The van der Waals surface area contributed by atoms with Crippen molar-refractivity contribution < 1.29 is 72.1 Å². The fraction of sp³-hybridized carbons (Fsp3) is 0.621. The van der Waals surface area contributed by atoms with E-state index < -0.39 is 108 Å². The number of Topliss-reactive ketones (excluding diaryl/α,β-unsaturated/α-hetero) is 4. The van der Waals surface area contributed by atoms with E-state index in [-0.39, 0.29) is 121 Å². The highest BCUT2D eigenvalue weighted by molar-refractivity contribution is 8.00. The van der Waals surface area contributed by atoms with Gasteiger partial charge in [0.1, 0.15) is 24.5 Å². The van der Waals surface area contributed by atoms with Crippen LogP contribution in [-0.4, -0.2) is 183 Å². The van der Waals surface area contributed by atoms with E-state index in [9.17, 15) is 53.1 Å². The number of carbonyl (C=O) groups is 11. The van der Waals surface area contributed by atoms with E-state index in [0.717, 1.165) is 30.6 Å². The molecule has 4 aliphatic heterocycles. The number of unbranched alkanes of at least 4 members (excludes halogenated alkanes) is 1. The number of carboxylic acid groups (broad SMARTS) is 1. The number of nitrogens with zero attached hydrogens (tertiary/aromatic N) is 4. The first-order chi connectivity index (χ1) is 44.3. The number of fused-ring (bicyclic) bond motifs is 4. The summed E-state index contributed by atoms with van der Waals surface area (Å²) in [6.45, 7) is 5.11. The van der Waals surface area contributed by atoms with Gasteiger partial charge in [-0.2, -0.15) is 11.8 Å². The van der Waals surface area contributed by atoms with E-state index in [0.29, 0.717) is 68.2 Å². The third kappa shape index (κ3) is 23.6. The number of rotatable bonds is 28. The monoisotopic (exact) mass is 1300 g/mol. The number of ketones is 4. The second-order valence-corrected chi connectivity index (χ2v) is 26.3. The summed E-state index contributed by atoms with van der Waals surface area (Å²) in [5, 5.41) is 32.8. The van der Waals surface area contributed by atoms with Crippen LogP contribution in [0.4, 0.5) is 4.79 Å². The average molecular weight is 1300 g/mol. The van der Waals surface area contributed by atoms with Crippen LogP contribution < -0.4 is 32.3 Å². The minimum absolute atomic E-state index is 0.0159. The lowest BCUT2D eigenvalue weighted by atomic mass is 9.87. The van der Waals surface area contributed by atoms with Gasteiger partial charge in [0.15, 0.2) is 17.3 Å². The Bertz CT molecular complexity index is 2970. The Hall–Kier alpha value is -7.42. The molecular formula is C66H92N10O15S. The first-order valence-corrected chi connectivity index (χ1v) is 33.5. The van der Waals surface area contributed by atoms with Gasteiger partial charge in [-0.25, -0.2) is 4.79 Å². The van der Waals surface area contributed by atoms with Crippen LogP contribution in [0.15, 0.2) is 66.9 Å². The number of aromatic nitrogens is 3. The quantitative estimate of drug-likeness (QED) is 0.0401. The van der Waals surface area contributed by atoms with Gasteiger partial charge in [0, 0.05) is 87.3 Å². The van der Waals surface area contributed by atoms with E-state index in [1.165, 1.54) is 9.58 Å². The van der Waals surface area contributed by atoms with Gasteiger partial charge in [-0.15, -0.1) is 5.10 Å². The minimum Gasteiger partial charge on any atom is -0.481 e. The number of ether oxygens (including phenoxy) is 3. The molecule has 3 aromatic rings. The number of carboxylic acids is 1. The molecule has 8 N–H and O–H groups in total. The number of nitrogens with one attached hydrogen (secondary N) is 5. The van der Waals surface area contributed by atoms with E-state index in [1.807, 2.05) is 55.9 Å². The van der Waals surface area contributed by atoms with Crippen LogP contribution in [0.25, 0.3) is 0 Å². The van der Waals surface area contributed by atoms with Crippen LogP contribution in [0.3, 0.4) is 0 Å². The molecule has 0 aliphatic carbocycles. The highest BCUT2D eigenvalue weighted by atomic mass is 32.2. The van der Waals surface area contributed by atoms with Gasteiger partial charge >= 0.3 is 12.0 Å². The molecule has 0 spiro atoms. The Kier molecular flexibility index (Phi) is 29.2. The van der Waals surface area contributed by atoms with Crippen molar-refractivity contribution in [3.8, 4) is 0 Å². The van der Waals surface area contributed by atoms with Crippen molar-refractivity contribution in [3.63, 3.8) is 0 Å². The number of urea groups is 1.